The van der Waals surface area contributed by atoms with E-state index in [1.807, 2.05) is 57.2 Å². The first-order valence-corrected chi connectivity index (χ1v) is 11.8. The molecule has 0 spiro atoms. The highest BCUT2D eigenvalue weighted by Crippen LogP contribution is 2.36. The maximum Gasteiger partial charge on any atom is 0.294 e. The van der Waals surface area contributed by atoms with Crippen LogP contribution in [0.4, 0.5) is 5.69 Å². The minimum atomic E-state index is -0.871. The first-order chi connectivity index (χ1) is 16.4. The number of nitrogens with one attached hydrogen (secondary N) is 1. The van der Waals surface area contributed by atoms with Crippen LogP contribution in [0.5, 0.6) is 5.75 Å². The minimum absolute atomic E-state index is 0.119. The standard InChI is InChI=1S/C28H32N2O4/c1-18-16-19(2)25(20(3)17-18)30(28(32)24-10-7-15-34-24)26(21-11-13-23(33-4)14-12-21)27(31)29-22-8-5-6-9-22/h7,10-17,22,26H,5-6,8-9H2,1-4H3,(H,29,31)/t26-/m1/s1. The second-order valence-corrected chi connectivity index (χ2v) is 9.07. The molecule has 0 unspecified atom stereocenters. The number of carbonyl (C=O) groups excluding carboxylic acids is 2. The first kappa shape index (κ1) is 23.6. The molecule has 1 heterocycles. The van der Waals surface area contributed by atoms with Crippen molar-refractivity contribution in [3.05, 3.63) is 82.8 Å². The Morgan fingerprint density at radius 2 is 1.68 bits per heavy atom. The second-order valence-electron chi connectivity index (χ2n) is 9.07. The smallest absolute Gasteiger partial charge is 0.294 e. The van der Waals surface area contributed by atoms with Crippen LogP contribution in [-0.2, 0) is 4.79 Å². The van der Waals surface area contributed by atoms with Crippen molar-refractivity contribution < 1.29 is 18.7 Å². The summed E-state index contributed by atoms with van der Waals surface area (Å²) in [4.78, 5) is 29.4. The van der Waals surface area contributed by atoms with E-state index < -0.39 is 6.04 Å². The lowest BCUT2D eigenvalue weighted by molar-refractivity contribution is -0.123. The fourth-order valence-corrected chi connectivity index (χ4v) is 4.97. The summed E-state index contributed by atoms with van der Waals surface area (Å²) in [5, 5.41) is 3.21. The number of furan rings is 1. The summed E-state index contributed by atoms with van der Waals surface area (Å²) < 4.78 is 10.8. The highest BCUT2D eigenvalue weighted by atomic mass is 16.5. The molecule has 1 aromatic heterocycles. The van der Waals surface area contributed by atoms with E-state index in [-0.39, 0.29) is 23.6 Å². The Balaban J connectivity index is 1.87. The maximum atomic E-state index is 13.9. The van der Waals surface area contributed by atoms with Crippen LogP contribution in [0.3, 0.4) is 0 Å². The molecule has 6 nitrogen and oxygen atoms in total. The van der Waals surface area contributed by atoms with Crippen molar-refractivity contribution in [3.63, 3.8) is 0 Å². The lowest BCUT2D eigenvalue weighted by Gasteiger charge is -2.34. The van der Waals surface area contributed by atoms with Crippen LogP contribution >= 0.6 is 0 Å². The lowest BCUT2D eigenvalue weighted by atomic mass is 9.97. The summed E-state index contributed by atoms with van der Waals surface area (Å²) in [7, 11) is 1.60. The van der Waals surface area contributed by atoms with Gasteiger partial charge in [-0.1, -0.05) is 42.7 Å². The van der Waals surface area contributed by atoms with E-state index in [0.29, 0.717) is 11.3 Å². The van der Waals surface area contributed by atoms with Crippen LogP contribution in [0.1, 0.15) is 64.5 Å². The fraction of sp³-hybridized carbons (Fsp3) is 0.357. The third-order valence-electron chi connectivity index (χ3n) is 6.47. The van der Waals surface area contributed by atoms with E-state index in [9.17, 15) is 9.59 Å². The first-order valence-electron chi connectivity index (χ1n) is 11.8. The monoisotopic (exact) mass is 460 g/mol. The van der Waals surface area contributed by atoms with Crippen molar-refractivity contribution in [1.82, 2.24) is 5.32 Å². The third kappa shape index (κ3) is 4.86. The molecule has 1 saturated carbocycles. The molecule has 1 atom stereocenters. The van der Waals surface area contributed by atoms with Gasteiger partial charge in [0.1, 0.15) is 11.8 Å². The molecule has 34 heavy (non-hydrogen) atoms. The van der Waals surface area contributed by atoms with Crippen molar-refractivity contribution in [1.29, 1.82) is 0 Å². The topological polar surface area (TPSA) is 71.8 Å². The molecule has 1 fully saturated rings. The number of hydrogen-bond acceptors (Lipinski definition) is 4. The quantitative estimate of drug-likeness (QED) is 0.494. The van der Waals surface area contributed by atoms with Gasteiger partial charge in [-0.15, -0.1) is 0 Å². The summed E-state index contributed by atoms with van der Waals surface area (Å²) in [5.41, 5.74) is 4.36. The average molecular weight is 461 g/mol. The van der Waals surface area contributed by atoms with E-state index in [4.69, 9.17) is 9.15 Å². The molecule has 2 amide bonds. The molecule has 0 aliphatic heterocycles. The summed E-state index contributed by atoms with van der Waals surface area (Å²) in [6.45, 7) is 5.96. The zero-order valence-corrected chi connectivity index (χ0v) is 20.3. The zero-order valence-electron chi connectivity index (χ0n) is 20.3. The summed E-state index contributed by atoms with van der Waals surface area (Å²) >= 11 is 0. The fourth-order valence-electron chi connectivity index (χ4n) is 4.97. The van der Waals surface area contributed by atoms with Gasteiger partial charge in [0.15, 0.2) is 5.76 Å². The predicted molar refractivity (Wildman–Crippen MR) is 132 cm³/mol. The van der Waals surface area contributed by atoms with Gasteiger partial charge < -0.3 is 14.5 Å². The third-order valence-corrected chi connectivity index (χ3v) is 6.47. The van der Waals surface area contributed by atoms with E-state index >= 15 is 0 Å². The Bertz CT molecular complexity index is 1120. The zero-order chi connectivity index (χ0) is 24.2. The van der Waals surface area contributed by atoms with E-state index in [2.05, 4.69) is 5.32 Å². The van der Waals surface area contributed by atoms with Crippen molar-refractivity contribution in [2.45, 2.75) is 58.5 Å². The SMILES string of the molecule is COc1ccc([C@H](C(=O)NC2CCCC2)N(C(=O)c2ccco2)c2c(C)cc(C)cc2C)cc1. The molecule has 0 bridgehead atoms. The molecule has 1 aliphatic carbocycles. The molecule has 2 aromatic carbocycles. The van der Waals surface area contributed by atoms with Crippen molar-refractivity contribution in [3.8, 4) is 5.75 Å². The van der Waals surface area contributed by atoms with Crippen LogP contribution in [-0.4, -0.2) is 25.0 Å². The van der Waals surface area contributed by atoms with E-state index in [1.54, 1.807) is 24.1 Å². The van der Waals surface area contributed by atoms with Gasteiger partial charge in [0.05, 0.1) is 19.1 Å². The summed E-state index contributed by atoms with van der Waals surface area (Å²) in [5.74, 6) is 0.315. The molecule has 3 aromatic rings. The number of ether oxygens (including phenoxy) is 1. The molecule has 1 N–H and O–H groups in total. The second kappa shape index (κ2) is 10.2. The van der Waals surface area contributed by atoms with Gasteiger partial charge in [0, 0.05) is 6.04 Å². The normalized spacial score (nSPS) is 14.6. The van der Waals surface area contributed by atoms with Crippen LogP contribution in [0.25, 0.3) is 0 Å². The highest BCUT2D eigenvalue weighted by Gasteiger charge is 2.37. The van der Waals surface area contributed by atoms with Gasteiger partial charge >= 0.3 is 0 Å². The number of nitrogens with zero attached hydrogens (tertiary/aromatic N) is 1. The van der Waals surface area contributed by atoms with Crippen LogP contribution in [0.2, 0.25) is 0 Å². The van der Waals surface area contributed by atoms with E-state index in [1.165, 1.54) is 6.26 Å². The number of anilines is 1. The van der Waals surface area contributed by atoms with Crippen LogP contribution in [0, 0.1) is 20.8 Å². The van der Waals surface area contributed by atoms with Gasteiger partial charge in [-0.25, -0.2) is 0 Å². The molecule has 0 radical (unpaired) electrons. The number of methoxy groups -OCH3 is 1. The molecule has 1 aliphatic rings. The molecule has 0 saturated heterocycles. The Kier molecular flexibility index (Phi) is 7.06. The number of hydrogen-bond donors (Lipinski definition) is 1. The molecule has 6 heteroatoms. The predicted octanol–water partition coefficient (Wildman–Crippen LogP) is 5.66. The van der Waals surface area contributed by atoms with Gasteiger partial charge in [0.25, 0.3) is 5.91 Å². The lowest BCUT2D eigenvalue weighted by Crippen LogP contribution is -2.46. The Hall–Kier alpha value is -3.54. The number of benzene rings is 2. The van der Waals surface area contributed by atoms with Gasteiger partial charge in [-0.05, 0) is 74.6 Å². The highest BCUT2D eigenvalue weighted by molar-refractivity contribution is 6.09. The molecular formula is C28H32N2O4. The minimum Gasteiger partial charge on any atom is -0.497 e. The number of carbonyl (C=O) groups is 2. The average Bonchev–Trinajstić information content (AvgIpc) is 3.52. The maximum absolute atomic E-state index is 13.9. The van der Waals surface area contributed by atoms with Crippen LogP contribution in [0.15, 0.2) is 59.2 Å². The summed E-state index contributed by atoms with van der Waals surface area (Å²) in [6, 6.07) is 14.0. The Morgan fingerprint density at radius 3 is 2.24 bits per heavy atom. The largest absolute Gasteiger partial charge is 0.497 e. The molecular weight excluding hydrogens is 428 g/mol. The van der Waals surface area contributed by atoms with Crippen molar-refractivity contribution >= 4 is 17.5 Å². The van der Waals surface area contributed by atoms with Gasteiger partial charge in [-0.3, -0.25) is 14.5 Å². The van der Waals surface area contributed by atoms with E-state index in [0.717, 1.165) is 48.1 Å². The van der Waals surface area contributed by atoms with Crippen LogP contribution < -0.4 is 15.0 Å². The van der Waals surface area contributed by atoms with Crippen molar-refractivity contribution in [2.24, 2.45) is 0 Å². The number of rotatable bonds is 7. The Labute approximate surface area is 200 Å². The summed E-state index contributed by atoms with van der Waals surface area (Å²) in [6.07, 6.45) is 5.58. The molecule has 4 rings (SSSR count). The molecule has 178 valence electrons. The van der Waals surface area contributed by atoms with Crippen molar-refractivity contribution in [2.75, 3.05) is 12.0 Å². The Morgan fingerprint density at radius 1 is 1.03 bits per heavy atom. The number of amides is 2. The number of aryl methyl sites for hydroxylation is 3. The van der Waals surface area contributed by atoms with Gasteiger partial charge in [-0.2, -0.15) is 0 Å². The van der Waals surface area contributed by atoms with Gasteiger partial charge in [0.2, 0.25) is 5.91 Å².